The number of rotatable bonds is 7. The van der Waals surface area contributed by atoms with Crippen LogP contribution in [-0.4, -0.2) is 49.4 Å². The number of nitrogens with one attached hydrogen (secondary N) is 2. The molecule has 0 aromatic heterocycles. The quantitative estimate of drug-likeness (QED) is 0.292. The molecule has 0 amide bonds. The number of benzene rings is 2. The van der Waals surface area contributed by atoms with Crippen molar-refractivity contribution in [3.05, 3.63) is 65.7 Å². The van der Waals surface area contributed by atoms with E-state index in [4.69, 9.17) is 0 Å². The number of aliphatic hydroxyl groups excluding tert-OH is 1. The molecule has 1 saturated heterocycles. The SMILES string of the molecule is CCNC(=NCC(O)Cc1ccccc1)NC1CCN(c2ccc(F)cc2F)C1.I. The van der Waals surface area contributed by atoms with Crippen LogP contribution in [0.1, 0.15) is 18.9 Å². The zero-order valence-corrected chi connectivity index (χ0v) is 19.4. The minimum Gasteiger partial charge on any atom is -0.391 e. The Balaban J connectivity index is 0.00000320. The molecule has 0 spiro atoms. The minimum absolute atomic E-state index is 0. The molecule has 2 aromatic rings. The zero-order chi connectivity index (χ0) is 20.6. The van der Waals surface area contributed by atoms with Crippen molar-refractivity contribution in [2.45, 2.75) is 31.9 Å². The lowest BCUT2D eigenvalue weighted by Crippen LogP contribution is -2.45. The molecule has 3 rings (SSSR count). The molecule has 3 N–H and O–H groups in total. The van der Waals surface area contributed by atoms with Crippen LogP contribution < -0.4 is 15.5 Å². The maximum absolute atomic E-state index is 14.0. The van der Waals surface area contributed by atoms with Crippen molar-refractivity contribution >= 4 is 35.6 Å². The third kappa shape index (κ3) is 7.09. The van der Waals surface area contributed by atoms with Crippen molar-refractivity contribution in [1.82, 2.24) is 10.6 Å². The first kappa shape index (κ1) is 24.3. The van der Waals surface area contributed by atoms with Crippen molar-refractivity contribution in [2.75, 3.05) is 31.1 Å². The van der Waals surface area contributed by atoms with Crippen LogP contribution in [0.3, 0.4) is 0 Å². The lowest BCUT2D eigenvalue weighted by Gasteiger charge is -2.21. The smallest absolute Gasteiger partial charge is 0.191 e. The highest BCUT2D eigenvalue weighted by Crippen LogP contribution is 2.24. The fourth-order valence-electron chi connectivity index (χ4n) is 3.50. The molecule has 164 valence electrons. The Morgan fingerprint density at radius 1 is 1.23 bits per heavy atom. The van der Waals surface area contributed by atoms with E-state index < -0.39 is 17.7 Å². The molecule has 0 saturated carbocycles. The fourth-order valence-corrected chi connectivity index (χ4v) is 3.50. The summed E-state index contributed by atoms with van der Waals surface area (Å²) in [6.07, 6.45) is 0.791. The van der Waals surface area contributed by atoms with Crippen LogP contribution in [0.25, 0.3) is 0 Å². The summed E-state index contributed by atoms with van der Waals surface area (Å²) in [5.74, 6) is -0.489. The second-order valence-electron chi connectivity index (χ2n) is 7.23. The summed E-state index contributed by atoms with van der Waals surface area (Å²) in [5, 5.41) is 16.8. The summed E-state index contributed by atoms with van der Waals surface area (Å²) in [6.45, 7) is 4.24. The van der Waals surface area contributed by atoms with Gasteiger partial charge in [-0.3, -0.25) is 4.99 Å². The Bertz CT molecular complexity index is 822. The van der Waals surface area contributed by atoms with E-state index in [-0.39, 0.29) is 36.6 Å². The maximum Gasteiger partial charge on any atom is 0.191 e. The Morgan fingerprint density at radius 2 is 2.00 bits per heavy atom. The maximum atomic E-state index is 14.0. The summed E-state index contributed by atoms with van der Waals surface area (Å²) in [5.41, 5.74) is 1.48. The van der Waals surface area contributed by atoms with Gasteiger partial charge in [0.2, 0.25) is 0 Å². The van der Waals surface area contributed by atoms with E-state index in [2.05, 4.69) is 15.6 Å². The molecule has 0 radical (unpaired) electrons. The summed E-state index contributed by atoms with van der Waals surface area (Å²) in [7, 11) is 0. The average Bonchev–Trinajstić information content (AvgIpc) is 3.15. The Morgan fingerprint density at radius 3 is 2.70 bits per heavy atom. The summed E-state index contributed by atoms with van der Waals surface area (Å²) in [4.78, 5) is 6.41. The van der Waals surface area contributed by atoms with E-state index in [9.17, 15) is 13.9 Å². The van der Waals surface area contributed by atoms with Crippen molar-refractivity contribution in [3.63, 3.8) is 0 Å². The molecule has 5 nitrogen and oxygen atoms in total. The number of aliphatic hydroxyl groups is 1. The molecule has 2 unspecified atom stereocenters. The largest absolute Gasteiger partial charge is 0.391 e. The first-order chi connectivity index (χ1) is 14.0. The molecule has 1 fully saturated rings. The fraction of sp³-hybridized carbons (Fsp3) is 0.409. The third-order valence-corrected chi connectivity index (χ3v) is 4.90. The molecule has 1 heterocycles. The van der Waals surface area contributed by atoms with Gasteiger partial charge in [-0.2, -0.15) is 0 Å². The van der Waals surface area contributed by atoms with Crippen LogP contribution in [-0.2, 0) is 6.42 Å². The van der Waals surface area contributed by atoms with Gasteiger partial charge in [-0.15, -0.1) is 24.0 Å². The van der Waals surface area contributed by atoms with Crippen molar-refractivity contribution in [2.24, 2.45) is 4.99 Å². The molecule has 0 aliphatic carbocycles. The van der Waals surface area contributed by atoms with Gasteiger partial charge in [0.05, 0.1) is 18.3 Å². The van der Waals surface area contributed by atoms with Crippen LogP contribution in [0.15, 0.2) is 53.5 Å². The van der Waals surface area contributed by atoms with E-state index in [0.29, 0.717) is 37.7 Å². The van der Waals surface area contributed by atoms with Gasteiger partial charge in [0.1, 0.15) is 11.6 Å². The van der Waals surface area contributed by atoms with E-state index >= 15 is 0 Å². The molecular weight excluding hydrogens is 501 g/mol. The van der Waals surface area contributed by atoms with Crippen molar-refractivity contribution in [3.8, 4) is 0 Å². The number of nitrogens with zero attached hydrogens (tertiary/aromatic N) is 2. The van der Waals surface area contributed by atoms with E-state index in [1.54, 1.807) is 0 Å². The lowest BCUT2D eigenvalue weighted by atomic mass is 10.1. The number of hydrogen-bond donors (Lipinski definition) is 3. The molecule has 8 heteroatoms. The number of halogens is 3. The van der Waals surface area contributed by atoms with E-state index in [1.165, 1.54) is 12.1 Å². The van der Waals surface area contributed by atoms with Gasteiger partial charge in [-0.25, -0.2) is 8.78 Å². The summed E-state index contributed by atoms with van der Waals surface area (Å²) >= 11 is 0. The number of anilines is 1. The van der Waals surface area contributed by atoms with Gasteiger partial charge in [0.15, 0.2) is 5.96 Å². The van der Waals surface area contributed by atoms with Crippen LogP contribution in [0.5, 0.6) is 0 Å². The highest BCUT2D eigenvalue weighted by Gasteiger charge is 2.25. The van der Waals surface area contributed by atoms with Gasteiger partial charge in [-0.1, -0.05) is 30.3 Å². The van der Waals surface area contributed by atoms with Gasteiger partial charge in [0, 0.05) is 38.2 Å². The molecule has 2 atom stereocenters. The average molecular weight is 530 g/mol. The second-order valence-corrected chi connectivity index (χ2v) is 7.23. The predicted molar refractivity (Wildman–Crippen MR) is 128 cm³/mol. The molecule has 30 heavy (non-hydrogen) atoms. The molecule has 0 bridgehead atoms. The van der Waals surface area contributed by atoms with Crippen molar-refractivity contribution < 1.29 is 13.9 Å². The van der Waals surface area contributed by atoms with Crippen LogP contribution in [0.4, 0.5) is 14.5 Å². The van der Waals surface area contributed by atoms with E-state index in [1.807, 2.05) is 42.2 Å². The topological polar surface area (TPSA) is 59.9 Å². The van der Waals surface area contributed by atoms with Crippen LogP contribution in [0.2, 0.25) is 0 Å². The lowest BCUT2D eigenvalue weighted by molar-refractivity contribution is 0.183. The number of aliphatic imine (C=N–C) groups is 1. The number of guanidine groups is 1. The predicted octanol–water partition coefficient (Wildman–Crippen LogP) is 3.32. The van der Waals surface area contributed by atoms with Crippen LogP contribution >= 0.6 is 24.0 Å². The first-order valence-corrected chi connectivity index (χ1v) is 10.0. The van der Waals surface area contributed by atoms with Gasteiger partial charge in [0.25, 0.3) is 0 Å². The molecular formula is C22H29F2IN4O. The van der Waals surface area contributed by atoms with E-state index in [0.717, 1.165) is 18.1 Å². The molecule has 1 aliphatic rings. The Hall–Kier alpha value is -1.94. The third-order valence-electron chi connectivity index (χ3n) is 4.90. The second kappa shape index (κ2) is 12.0. The number of hydrogen-bond acceptors (Lipinski definition) is 3. The standard InChI is InChI=1S/C22H28F2N4O.HI/c1-2-25-22(26-14-19(29)12-16-6-4-3-5-7-16)27-18-10-11-28(15-18)21-9-8-17(23)13-20(21)24;/h3-9,13,18-19,29H,2,10-12,14-15H2,1H3,(H2,25,26,27);1H. The monoisotopic (exact) mass is 530 g/mol. The minimum atomic E-state index is -0.573. The Kier molecular flexibility index (Phi) is 9.77. The van der Waals surface area contributed by atoms with Gasteiger partial charge in [-0.05, 0) is 31.0 Å². The van der Waals surface area contributed by atoms with Crippen molar-refractivity contribution in [1.29, 1.82) is 0 Å². The van der Waals surface area contributed by atoms with Gasteiger partial charge >= 0.3 is 0 Å². The zero-order valence-electron chi connectivity index (χ0n) is 17.0. The van der Waals surface area contributed by atoms with Gasteiger partial charge < -0.3 is 20.6 Å². The first-order valence-electron chi connectivity index (χ1n) is 10.0. The normalized spacial score (nSPS) is 17.4. The highest BCUT2D eigenvalue weighted by atomic mass is 127. The molecule has 2 aromatic carbocycles. The summed E-state index contributed by atoms with van der Waals surface area (Å²) < 4.78 is 27.2. The van der Waals surface area contributed by atoms with Crippen LogP contribution in [0, 0.1) is 11.6 Å². The molecule has 1 aliphatic heterocycles. The Labute approximate surface area is 193 Å². The summed E-state index contributed by atoms with van der Waals surface area (Å²) in [6, 6.07) is 13.6. The highest BCUT2D eigenvalue weighted by molar-refractivity contribution is 14.0.